The summed E-state index contributed by atoms with van der Waals surface area (Å²) in [4.78, 5) is 0. The van der Waals surface area contributed by atoms with Crippen molar-refractivity contribution < 1.29 is 0 Å². The molecular formula is C15H14Br2ClN. The van der Waals surface area contributed by atoms with Crippen molar-refractivity contribution in [3.05, 3.63) is 67.6 Å². The van der Waals surface area contributed by atoms with Crippen molar-refractivity contribution in [1.29, 1.82) is 0 Å². The van der Waals surface area contributed by atoms with Crippen LogP contribution in [0.4, 0.5) is 0 Å². The van der Waals surface area contributed by atoms with E-state index in [1.165, 1.54) is 11.1 Å². The third-order valence-corrected chi connectivity index (χ3v) is 4.73. The Morgan fingerprint density at radius 1 is 1.16 bits per heavy atom. The van der Waals surface area contributed by atoms with E-state index in [0.717, 1.165) is 20.4 Å². The van der Waals surface area contributed by atoms with Crippen LogP contribution in [0.2, 0.25) is 5.02 Å². The van der Waals surface area contributed by atoms with E-state index in [1.54, 1.807) is 0 Å². The summed E-state index contributed by atoms with van der Waals surface area (Å²) in [5, 5.41) is 4.09. The van der Waals surface area contributed by atoms with Gasteiger partial charge < -0.3 is 5.32 Å². The zero-order valence-corrected chi connectivity index (χ0v) is 14.4. The van der Waals surface area contributed by atoms with Crippen molar-refractivity contribution in [2.24, 2.45) is 0 Å². The van der Waals surface area contributed by atoms with E-state index in [1.807, 2.05) is 19.2 Å². The van der Waals surface area contributed by atoms with Gasteiger partial charge in [0.2, 0.25) is 0 Å². The average molecular weight is 404 g/mol. The lowest BCUT2D eigenvalue weighted by Gasteiger charge is -2.17. The molecule has 0 saturated carbocycles. The fourth-order valence-electron chi connectivity index (χ4n) is 2.02. The summed E-state index contributed by atoms with van der Waals surface area (Å²) < 4.78 is 2.04. The van der Waals surface area contributed by atoms with Gasteiger partial charge in [0.15, 0.2) is 0 Å². The van der Waals surface area contributed by atoms with Gasteiger partial charge in [0.1, 0.15) is 0 Å². The Bertz CT molecular complexity index is 572. The van der Waals surface area contributed by atoms with Crippen LogP contribution in [0.5, 0.6) is 0 Å². The van der Waals surface area contributed by atoms with Gasteiger partial charge in [0.05, 0.1) is 5.02 Å². The van der Waals surface area contributed by atoms with Gasteiger partial charge in [-0.1, -0.05) is 45.7 Å². The molecule has 0 amide bonds. The Morgan fingerprint density at radius 3 is 2.58 bits per heavy atom. The lowest BCUT2D eigenvalue weighted by Crippen LogP contribution is -2.18. The monoisotopic (exact) mass is 401 g/mol. The van der Waals surface area contributed by atoms with Crippen LogP contribution in [0.3, 0.4) is 0 Å². The molecule has 0 spiro atoms. The van der Waals surface area contributed by atoms with Gasteiger partial charge >= 0.3 is 0 Å². The number of nitrogens with one attached hydrogen (secondary N) is 1. The Kier molecular flexibility index (Phi) is 5.46. The molecule has 19 heavy (non-hydrogen) atoms. The first-order valence-electron chi connectivity index (χ1n) is 5.97. The summed E-state index contributed by atoms with van der Waals surface area (Å²) in [6, 6.07) is 14.7. The summed E-state index contributed by atoms with van der Waals surface area (Å²) in [5.74, 6) is 0. The van der Waals surface area contributed by atoms with Gasteiger partial charge in [0, 0.05) is 15.0 Å². The maximum atomic E-state index is 6.04. The minimum absolute atomic E-state index is 0.267. The van der Waals surface area contributed by atoms with Crippen molar-refractivity contribution >= 4 is 43.5 Å². The number of hydrogen-bond donors (Lipinski definition) is 1. The van der Waals surface area contributed by atoms with Crippen LogP contribution < -0.4 is 5.32 Å². The van der Waals surface area contributed by atoms with Crippen LogP contribution in [0.1, 0.15) is 17.2 Å². The highest BCUT2D eigenvalue weighted by Gasteiger charge is 2.11. The molecule has 0 fully saturated rings. The maximum absolute atomic E-state index is 6.04. The number of halogens is 3. The lowest BCUT2D eigenvalue weighted by atomic mass is 9.99. The molecule has 0 aliphatic rings. The van der Waals surface area contributed by atoms with Crippen LogP contribution >= 0.6 is 43.5 Å². The molecule has 0 bridgehead atoms. The molecule has 0 heterocycles. The second-order valence-corrected chi connectivity index (χ2v) is 6.53. The molecule has 1 unspecified atom stereocenters. The fourth-order valence-corrected chi connectivity index (χ4v) is 2.98. The summed E-state index contributed by atoms with van der Waals surface area (Å²) in [6.45, 7) is 0. The molecule has 0 saturated heterocycles. The van der Waals surface area contributed by atoms with Crippen LogP contribution in [0.25, 0.3) is 0 Å². The summed E-state index contributed by atoms with van der Waals surface area (Å²) in [7, 11) is 1.98. The zero-order valence-electron chi connectivity index (χ0n) is 10.5. The highest BCUT2D eigenvalue weighted by Crippen LogP contribution is 2.27. The highest BCUT2D eigenvalue weighted by atomic mass is 79.9. The van der Waals surface area contributed by atoms with Crippen molar-refractivity contribution in [3.8, 4) is 0 Å². The standard InChI is InChI=1S/C15H14Br2ClN/c1-19-15(8-10-3-2-4-12(16)7-10)11-5-6-14(18)13(17)9-11/h2-7,9,15,19H,8H2,1H3. The second-order valence-electron chi connectivity index (χ2n) is 4.35. The van der Waals surface area contributed by atoms with Crippen molar-refractivity contribution in [3.63, 3.8) is 0 Å². The normalized spacial score (nSPS) is 12.4. The van der Waals surface area contributed by atoms with Crippen LogP contribution in [0.15, 0.2) is 51.4 Å². The molecule has 0 aliphatic carbocycles. The first kappa shape index (κ1) is 15.0. The zero-order chi connectivity index (χ0) is 13.8. The molecular weight excluding hydrogens is 389 g/mol. The summed E-state index contributed by atoms with van der Waals surface area (Å²) in [5.41, 5.74) is 2.51. The SMILES string of the molecule is CNC(Cc1cccc(Br)c1)c1ccc(Cl)c(Br)c1. The first-order chi connectivity index (χ1) is 9.10. The van der Waals surface area contributed by atoms with E-state index in [-0.39, 0.29) is 6.04 Å². The van der Waals surface area contributed by atoms with E-state index in [4.69, 9.17) is 11.6 Å². The molecule has 2 rings (SSSR count). The Balaban J connectivity index is 2.22. The Hall–Kier alpha value is -0.350. The van der Waals surface area contributed by atoms with E-state index < -0.39 is 0 Å². The van der Waals surface area contributed by atoms with Crippen LogP contribution in [0, 0.1) is 0 Å². The number of benzene rings is 2. The molecule has 0 aromatic heterocycles. The predicted octanol–water partition coefficient (Wildman–Crippen LogP) is 5.37. The smallest absolute Gasteiger partial charge is 0.0548 e. The second kappa shape index (κ2) is 6.89. The van der Waals surface area contributed by atoms with E-state index in [9.17, 15) is 0 Å². The van der Waals surface area contributed by atoms with E-state index >= 15 is 0 Å². The molecule has 1 nitrogen and oxygen atoms in total. The van der Waals surface area contributed by atoms with Crippen molar-refractivity contribution in [1.82, 2.24) is 5.32 Å². The van der Waals surface area contributed by atoms with Gasteiger partial charge in [-0.25, -0.2) is 0 Å². The van der Waals surface area contributed by atoms with Crippen LogP contribution in [-0.4, -0.2) is 7.05 Å². The average Bonchev–Trinajstić information content (AvgIpc) is 2.39. The third-order valence-electron chi connectivity index (χ3n) is 3.02. The quantitative estimate of drug-likeness (QED) is 0.724. The van der Waals surface area contributed by atoms with Gasteiger partial charge in [0.25, 0.3) is 0 Å². The van der Waals surface area contributed by atoms with Gasteiger partial charge in [-0.2, -0.15) is 0 Å². The number of rotatable bonds is 4. The molecule has 4 heteroatoms. The molecule has 2 aromatic carbocycles. The highest BCUT2D eigenvalue weighted by molar-refractivity contribution is 9.10. The Morgan fingerprint density at radius 2 is 1.95 bits per heavy atom. The fraction of sp³-hybridized carbons (Fsp3) is 0.200. The number of likely N-dealkylation sites (N-methyl/N-ethyl adjacent to an activating group) is 1. The predicted molar refractivity (Wildman–Crippen MR) is 88.8 cm³/mol. The molecule has 0 radical (unpaired) electrons. The third kappa shape index (κ3) is 4.06. The summed E-state index contributed by atoms with van der Waals surface area (Å²) in [6.07, 6.45) is 0.935. The minimum Gasteiger partial charge on any atom is -0.313 e. The molecule has 2 aromatic rings. The molecule has 1 N–H and O–H groups in total. The first-order valence-corrected chi connectivity index (χ1v) is 7.93. The van der Waals surface area contributed by atoms with Gasteiger partial charge in [-0.05, 0) is 64.8 Å². The maximum Gasteiger partial charge on any atom is 0.0548 e. The van der Waals surface area contributed by atoms with Crippen molar-refractivity contribution in [2.45, 2.75) is 12.5 Å². The molecule has 0 aliphatic heterocycles. The Labute approximate surface area is 135 Å². The number of hydrogen-bond acceptors (Lipinski definition) is 1. The van der Waals surface area contributed by atoms with Gasteiger partial charge in [-0.15, -0.1) is 0 Å². The lowest BCUT2D eigenvalue weighted by molar-refractivity contribution is 0.591. The molecule has 1 atom stereocenters. The van der Waals surface area contributed by atoms with Crippen molar-refractivity contribution in [2.75, 3.05) is 7.05 Å². The minimum atomic E-state index is 0.267. The van der Waals surface area contributed by atoms with Crippen LogP contribution in [-0.2, 0) is 6.42 Å². The van der Waals surface area contributed by atoms with E-state index in [2.05, 4.69) is 67.5 Å². The van der Waals surface area contributed by atoms with Gasteiger partial charge in [-0.3, -0.25) is 0 Å². The molecule has 100 valence electrons. The van der Waals surface area contributed by atoms with E-state index in [0.29, 0.717) is 0 Å². The largest absolute Gasteiger partial charge is 0.313 e. The summed E-state index contributed by atoms with van der Waals surface area (Å²) >= 11 is 13.0. The topological polar surface area (TPSA) is 12.0 Å².